The van der Waals surface area contributed by atoms with Gasteiger partial charge in [-0.05, 0) is 25.3 Å². The SMILES string of the molecule is CC1C(COP(=O)(O)OP(=O)(O)OP(=O)(O)O)OC(n2cnc3c(N)nc(N)nc32)C1O.CC1CC(n2cnc3c(N)nc(N)nc32)OC1COP(=O)(O)OP(=O)(O)OP(=O)(O)O.NCC1C(COP(=O)(O)OP(=O)(O)OP(=O)(O)O)OC(n2cnc3c(N)ncnc32)C1O.NCC1CC(n2cnc3c(N)ncnc32)OC1COP(=O)(O)OP(=O)(O)OP(=O)(O)O. The van der Waals surface area contributed by atoms with Crippen molar-refractivity contribution in [3.63, 3.8) is 0 Å². The summed E-state index contributed by atoms with van der Waals surface area (Å²) in [6.07, 6.45) is -1.17. The van der Waals surface area contributed by atoms with Crippen LogP contribution in [0.1, 0.15) is 51.6 Å². The maximum atomic E-state index is 11.9. The van der Waals surface area contributed by atoms with Crippen molar-refractivity contribution in [1.29, 1.82) is 0 Å². The third-order valence-electron chi connectivity index (χ3n) is 16.9. The number of imidazole rings is 4. The van der Waals surface area contributed by atoms with Crippen molar-refractivity contribution >= 4 is 174 Å². The van der Waals surface area contributed by atoms with E-state index in [4.69, 9.17) is 104 Å². The molecule has 12 heterocycles. The Balaban J connectivity index is 0.000000190. The lowest BCUT2D eigenvalue weighted by molar-refractivity contribution is -0.0486. The molecule has 34 N–H and O–H groups in total. The molecule has 4 aliphatic heterocycles. The van der Waals surface area contributed by atoms with Gasteiger partial charge in [0.05, 0.1) is 76.2 Å². The first-order valence-corrected chi connectivity index (χ1v) is 51.7. The third kappa shape index (κ3) is 28.7. The Morgan fingerprint density at radius 2 is 0.675 bits per heavy atom. The second-order valence-corrected chi connectivity index (χ2v) is 43.5. The summed E-state index contributed by atoms with van der Waals surface area (Å²) < 4.78 is 212. The van der Waals surface area contributed by atoms with Crippen LogP contribution in [0.5, 0.6) is 0 Å². The molecule has 0 saturated carbocycles. The Bertz CT molecular complexity index is 5880. The normalized spacial score (nSPS) is 27.0. The summed E-state index contributed by atoms with van der Waals surface area (Å²) >= 11 is 0. The molecular formula is C44H76N24O46P12. The number of ether oxygens (including phenoxy) is 4. The van der Waals surface area contributed by atoms with Crippen LogP contribution < -0.4 is 45.9 Å². The molecule has 4 fully saturated rings. The Hall–Kier alpha value is -5.68. The maximum absolute atomic E-state index is 11.9. The fourth-order valence-corrected chi connectivity index (χ4v) is 23.8. The van der Waals surface area contributed by atoms with Crippen molar-refractivity contribution in [2.45, 2.75) is 88.2 Å². The topological polar surface area (TPSA) is 1100 Å². The zero-order valence-corrected chi connectivity index (χ0v) is 73.6. The summed E-state index contributed by atoms with van der Waals surface area (Å²) in [7, 11) is -65.8. The predicted molar refractivity (Wildman–Crippen MR) is 407 cm³/mol. The van der Waals surface area contributed by atoms with Gasteiger partial charge in [0.2, 0.25) is 11.9 Å². The number of hydrogen-bond donors (Lipinski definition) is 26. The largest absolute Gasteiger partial charge is 0.490 e. The highest BCUT2D eigenvalue weighted by molar-refractivity contribution is 7.68. The van der Waals surface area contributed by atoms with E-state index >= 15 is 0 Å². The molecule has 4 aliphatic rings. The summed E-state index contributed by atoms with van der Waals surface area (Å²) in [5, 5.41) is 21.2. The van der Waals surface area contributed by atoms with Crippen molar-refractivity contribution in [2.24, 2.45) is 35.1 Å². The van der Waals surface area contributed by atoms with Crippen LogP contribution in [0.15, 0.2) is 38.0 Å². The zero-order chi connectivity index (χ0) is 94.2. The van der Waals surface area contributed by atoms with E-state index in [1.54, 1.807) is 16.1 Å². The Kier molecular flexibility index (Phi) is 33.0. The van der Waals surface area contributed by atoms with Gasteiger partial charge in [-0.1, -0.05) is 13.8 Å². The summed E-state index contributed by atoms with van der Waals surface area (Å²) in [4.78, 5) is 191. The van der Waals surface area contributed by atoms with Crippen LogP contribution in [-0.4, -0.2) is 243 Å². The minimum atomic E-state index is -5.67. The van der Waals surface area contributed by atoms with E-state index in [1.165, 1.54) is 54.0 Å². The molecule has 708 valence electrons. The van der Waals surface area contributed by atoms with Crippen LogP contribution in [0.25, 0.3) is 44.7 Å². The molecule has 22 atom stereocenters. The number of aliphatic hydroxyl groups is 2. The van der Waals surface area contributed by atoms with E-state index in [0.29, 0.717) is 35.2 Å². The highest BCUT2D eigenvalue weighted by atomic mass is 31.3. The number of hydrogen-bond acceptors (Lipinski definition) is 50. The predicted octanol–water partition coefficient (Wildman–Crippen LogP) is -2.31. The molecule has 0 amide bonds. The van der Waals surface area contributed by atoms with Gasteiger partial charge in [0, 0.05) is 24.3 Å². The fraction of sp³-hybridized carbons (Fsp3) is 0.545. The first-order valence-electron chi connectivity index (χ1n) is 33.7. The molecular weight excluding hydrogens is 1970 g/mol. The van der Waals surface area contributed by atoms with Gasteiger partial charge >= 0.3 is 93.9 Å². The van der Waals surface area contributed by atoms with E-state index in [2.05, 4.69) is 112 Å². The molecule has 0 spiro atoms. The minimum absolute atomic E-state index is 0.00371. The van der Waals surface area contributed by atoms with Crippen LogP contribution >= 0.6 is 93.9 Å². The summed E-state index contributed by atoms with van der Waals surface area (Å²) in [5.41, 5.74) is 47.7. The van der Waals surface area contributed by atoms with Gasteiger partial charge in [0.15, 0.2) is 58.3 Å². The van der Waals surface area contributed by atoms with Crippen molar-refractivity contribution < 1.29 is 215 Å². The number of rotatable bonds is 34. The molecule has 0 radical (unpaired) electrons. The van der Waals surface area contributed by atoms with Gasteiger partial charge in [-0.25, -0.2) is 94.7 Å². The molecule has 12 rings (SSSR count). The van der Waals surface area contributed by atoms with Crippen LogP contribution in [0.3, 0.4) is 0 Å². The van der Waals surface area contributed by atoms with E-state index in [9.17, 15) is 104 Å². The summed E-state index contributed by atoms with van der Waals surface area (Å²) in [6, 6.07) is 0. The smallest absolute Gasteiger partial charge is 0.388 e. The second kappa shape index (κ2) is 40.0. The Morgan fingerprint density at radius 3 is 1.07 bits per heavy atom. The van der Waals surface area contributed by atoms with Gasteiger partial charge in [-0.2, -0.15) is 54.4 Å². The Labute approximate surface area is 699 Å². The molecule has 0 aliphatic carbocycles. The number of anilines is 6. The van der Waals surface area contributed by atoms with E-state index in [1.807, 2.05) is 0 Å². The minimum Gasteiger partial charge on any atom is -0.388 e. The van der Waals surface area contributed by atoms with Crippen molar-refractivity contribution in [3.8, 4) is 0 Å². The number of phosphoric acid groups is 12. The molecule has 0 aromatic carbocycles. The number of nitrogens with zero attached hydrogens (tertiary/aromatic N) is 16. The standard InChI is InChI=1S/2C11H19N6O12P3.2C11H19N6O11P3/c12-1-5-6(2-26-31(22,23)29-32(24,25)28-30(19,20)21)27-11(8(5)18)17-4-16-7-9(13)14-3-15-10(7)17;1-4-5(2-26-31(22,23)29-32(24,25)28-30(19,20)21)27-10(7(4)18)17-3-14-6-8(12)15-11(13)16-9(6)17;12-2-6-1-8(17-5-16-9-10(13)14-4-15-11(9)17)26-7(6)3-25-30(21,22)28-31(23,24)27-29(18,19)20;1-5-2-7(17-4-14-8-9(12)15-11(13)16-10(8)17)26-6(5)3-25-30(21,22)28-31(23,24)27-29(18,19)20/h3-6,8,11,18H,1-2,12H2,(H,22,23)(H,24,25)(H2,13,14,15)(H2,19,20,21);3-5,7,10,18H,2H2,1H3,(H,22,23)(H,24,25)(H2,19,20,21)(H4,12,13,15,16);4-8H,1-3,12H2,(H,21,22)(H,23,24)(H2,13,14,15)(H2,18,19,20);4-7H,2-3H2,1H3,(H,21,22)(H,23,24)(H2,18,19,20)(H4,12,13,15,16). The van der Waals surface area contributed by atoms with E-state index in [0.717, 1.165) is 0 Å². The van der Waals surface area contributed by atoms with Crippen molar-refractivity contribution in [2.75, 3.05) is 73.9 Å². The van der Waals surface area contributed by atoms with Crippen molar-refractivity contribution in [1.82, 2.24) is 78.1 Å². The number of phosphoric ester groups is 4. The molecule has 70 nitrogen and oxygen atoms in total. The number of aromatic nitrogens is 16. The molecule has 126 heavy (non-hydrogen) atoms. The highest BCUT2D eigenvalue weighted by Gasteiger charge is 2.51. The lowest BCUT2D eigenvalue weighted by Crippen LogP contribution is -2.34. The van der Waals surface area contributed by atoms with Crippen LogP contribution in [0.4, 0.5) is 35.2 Å². The second-order valence-electron chi connectivity index (χ2n) is 25.9. The molecule has 22 unspecified atom stereocenters. The first kappa shape index (κ1) is 104. The lowest BCUT2D eigenvalue weighted by Gasteiger charge is -2.20. The number of aliphatic hydroxyl groups excluding tert-OH is 2. The van der Waals surface area contributed by atoms with Gasteiger partial charge < -0.3 is 153 Å². The molecule has 4 saturated heterocycles. The van der Waals surface area contributed by atoms with Gasteiger partial charge in [-0.15, -0.1) is 0 Å². The number of nitrogens with two attached hydrogens (primary N) is 8. The fourth-order valence-electron chi connectivity index (χ4n) is 11.7. The van der Waals surface area contributed by atoms with E-state index < -0.39 is 194 Å². The average Bonchev–Trinajstić information content (AvgIpc) is 1.63. The molecule has 8 aromatic rings. The quantitative estimate of drug-likeness (QED) is 0.0188. The lowest BCUT2D eigenvalue weighted by atomic mass is 9.99. The summed E-state index contributed by atoms with van der Waals surface area (Å²) in [6.45, 7) is 0.539. The Morgan fingerprint density at radius 1 is 0.357 bits per heavy atom. The first-order chi connectivity index (χ1) is 57.8. The summed E-state index contributed by atoms with van der Waals surface area (Å²) in [5.74, 6) is -2.04. The van der Waals surface area contributed by atoms with Crippen LogP contribution in [-0.2, 0) is 126 Å². The van der Waals surface area contributed by atoms with Gasteiger partial charge in [0.1, 0.15) is 59.4 Å². The maximum Gasteiger partial charge on any atom is 0.490 e. The number of nitrogen functional groups attached to an aromatic ring is 6. The molecule has 0 bridgehead atoms. The highest BCUT2D eigenvalue weighted by Crippen LogP contribution is 2.70. The van der Waals surface area contributed by atoms with E-state index in [-0.39, 0.29) is 82.4 Å². The third-order valence-corrected chi connectivity index (χ3v) is 32.1. The van der Waals surface area contributed by atoms with Gasteiger partial charge in [0.25, 0.3) is 0 Å². The van der Waals surface area contributed by atoms with Crippen LogP contribution in [0, 0.1) is 23.7 Å². The van der Waals surface area contributed by atoms with Crippen molar-refractivity contribution in [3.05, 3.63) is 38.0 Å². The van der Waals surface area contributed by atoms with Crippen LogP contribution in [0.2, 0.25) is 0 Å². The monoisotopic (exact) mass is 2050 g/mol. The zero-order valence-electron chi connectivity index (χ0n) is 62.8. The molecule has 82 heteroatoms. The average molecular weight is 2050 g/mol. The molecule has 8 aromatic heterocycles. The number of fused-ring (bicyclic) bond motifs is 4. The van der Waals surface area contributed by atoms with Gasteiger partial charge in [-0.3, -0.25) is 36.4 Å².